The number of nitrogens with two attached hydrogens (primary N) is 1. The van der Waals surface area contributed by atoms with Gasteiger partial charge < -0.3 is 9.30 Å². The molecule has 0 amide bonds. The molecular formula is C10H12N2O3S. The predicted molar refractivity (Wildman–Crippen MR) is 60.8 cm³/mol. The first kappa shape index (κ1) is 11.0. The molecule has 0 bridgehead atoms. The van der Waals surface area contributed by atoms with Crippen LogP contribution in [0.5, 0.6) is 5.75 Å². The highest BCUT2D eigenvalue weighted by atomic mass is 32.2. The number of rotatable bonds is 2. The molecule has 2 N–H and O–H groups in total. The molecule has 0 radical (unpaired) electrons. The fourth-order valence-corrected chi connectivity index (χ4v) is 2.73. The second-order valence-electron chi connectivity index (χ2n) is 3.51. The average molecular weight is 240 g/mol. The number of primary sulfonamides is 1. The predicted octanol–water partition coefficient (Wildman–Crippen LogP) is 0.834. The average Bonchev–Trinajstić information content (AvgIpc) is 2.58. The van der Waals surface area contributed by atoms with Gasteiger partial charge in [-0.05, 0) is 18.2 Å². The van der Waals surface area contributed by atoms with Crippen molar-refractivity contribution in [2.75, 3.05) is 7.11 Å². The van der Waals surface area contributed by atoms with Gasteiger partial charge in [0.15, 0.2) is 0 Å². The second kappa shape index (κ2) is 3.50. The van der Waals surface area contributed by atoms with Crippen molar-refractivity contribution >= 4 is 20.9 Å². The Morgan fingerprint density at radius 2 is 2.00 bits per heavy atom. The number of benzene rings is 1. The molecule has 0 spiro atoms. The zero-order valence-corrected chi connectivity index (χ0v) is 9.78. The Balaban J connectivity index is 2.99. The summed E-state index contributed by atoms with van der Waals surface area (Å²) in [6.45, 7) is 0. The summed E-state index contributed by atoms with van der Waals surface area (Å²) in [6.07, 6.45) is 1.78. The van der Waals surface area contributed by atoms with E-state index in [0.717, 1.165) is 5.39 Å². The maximum absolute atomic E-state index is 11.6. The van der Waals surface area contributed by atoms with Crippen LogP contribution in [0.4, 0.5) is 0 Å². The van der Waals surface area contributed by atoms with E-state index in [2.05, 4.69) is 0 Å². The van der Waals surface area contributed by atoms with E-state index in [9.17, 15) is 8.42 Å². The lowest BCUT2D eigenvalue weighted by atomic mass is 10.2. The van der Waals surface area contributed by atoms with Crippen LogP contribution in [0.3, 0.4) is 0 Å². The van der Waals surface area contributed by atoms with E-state index in [1.165, 1.54) is 7.11 Å². The van der Waals surface area contributed by atoms with Crippen LogP contribution < -0.4 is 9.88 Å². The van der Waals surface area contributed by atoms with Crippen molar-refractivity contribution in [3.8, 4) is 5.75 Å². The van der Waals surface area contributed by atoms with E-state index in [1.54, 1.807) is 29.9 Å². The highest BCUT2D eigenvalue weighted by Crippen LogP contribution is 2.31. The first-order valence-electron chi connectivity index (χ1n) is 4.60. The molecule has 1 aromatic carbocycles. The molecule has 1 heterocycles. The molecule has 0 saturated carbocycles. The summed E-state index contributed by atoms with van der Waals surface area (Å²) >= 11 is 0. The van der Waals surface area contributed by atoms with Gasteiger partial charge in [-0.2, -0.15) is 0 Å². The Kier molecular flexibility index (Phi) is 2.40. The molecule has 16 heavy (non-hydrogen) atoms. The molecule has 0 saturated heterocycles. The van der Waals surface area contributed by atoms with E-state index in [0.29, 0.717) is 5.52 Å². The molecule has 0 unspecified atom stereocenters. The summed E-state index contributed by atoms with van der Waals surface area (Å²) in [5.41, 5.74) is 0.557. The third kappa shape index (κ3) is 1.56. The summed E-state index contributed by atoms with van der Waals surface area (Å²) in [6, 6.07) is 5.22. The molecule has 0 atom stereocenters. The van der Waals surface area contributed by atoms with Crippen molar-refractivity contribution in [1.29, 1.82) is 0 Å². The van der Waals surface area contributed by atoms with Gasteiger partial charge in [0.2, 0.25) is 10.0 Å². The minimum Gasteiger partial charge on any atom is -0.495 e. The van der Waals surface area contributed by atoms with Crippen molar-refractivity contribution < 1.29 is 13.2 Å². The Morgan fingerprint density at radius 1 is 1.31 bits per heavy atom. The van der Waals surface area contributed by atoms with E-state index in [1.807, 2.05) is 6.07 Å². The van der Waals surface area contributed by atoms with Crippen molar-refractivity contribution in [3.05, 3.63) is 24.4 Å². The Labute approximate surface area is 93.5 Å². The van der Waals surface area contributed by atoms with Gasteiger partial charge in [0.25, 0.3) is 0 Å². The highest BCUT2D eigenvalue weighted by Gasteiger charge is 2.20. The first-order valence-corrected chi connectivity index (χ1v) is 6.14. The number of methoxy groups -OCH3 is 1. The van der Waals surface area contributed by atoms with Crippen LogP contribution in [-0.2, 0) is 17.1 Å². The molecule has 0 aliphatic heterocycles. The van der Waals surface area contributed by atoms with Gasteiger partial charge in [0.05, 0.1) is 12.6 Å². The molecule has 6 heteroatoms. The summed E-state index contributed by atoms with van der Waals surface area (Å²) < 4.78 is 29.9. The number of aryl methyl sites for hydroxylation is 1. The minimum atomic E-state index is -3.81. The molecule has 1 aromatic heterocycles. The van der Waals surface area contributed by atoms with Gasteiger partial charge in [0.1, 0.15) is 10.6 Å². The van der Waals surface area contributed by atoms with Crippen LogP contribution >= 0.6 is 0 Å². The third-order valence-electron chi connectivity index (χ3n) is 2.46. The number of aromatic nitrogens is 1. The fourth-order valence-electron chi connectivity index (χ4n) is 1.77. The lowest BCUT2D eigenvalue weighted by Crippen LogP contribution is -2.14. The van der Waals surface area contributed by atoms with Crippen LogP contribution in [0, 0.1) is 0 Å². The number of nitrogens with zero attached hydrogens (tertiary/aromatic N) is 1. The largest absolute Gasteiger partial charge is 0.495 e. The van der Waals surface area contributed by atoms with Crippen molar-refractivity contribution in [2.24, 2.45) is 12.2 Å². The van der Waals surface area contributed by atoms with Gasteiger partial charge in [-0.3, -0.25) is 0 Å². The number of sulfonamides is 1. The summed E-state index contributed by atoms with van der Waals surface area (Å²) in [5.74, 6) is 0.261. The molecule has 0 fully saturated rings. The van der Waals surface area contributed by atoms with E-state index >= 15 is 0 Å². The molecular weight excluding hydrogens is 228 g/mol. The molecule has 86 valence electrons. The molecule has 0 aliphatic carbocycles. The number of hydrogen-bond donors (Lipinski definition) is 1. The van der Waals surface area contributed by atoms with Crippen LogP contribution in [0.25, 0.3) is 10.9 Å². The molecule has 0 aliphatic rings. The van der Waals surface area contributed by atoms with Gasteiger partial charge >= 0.3 is 0 Å². The third-order valence-corrected chi connectivity index (χ3v) is 3.42. The van der Waals surface area contributed by atoms with Crippen LogP contribution in [0.2, 0.25) is 0 Å². The van der Waals surface area contributed by atoms with Gasteiger partial charge in [-0.1, -0.05) is 0 Å². The minimum absolute atomic E-state index is 0.0278. The zero-order valence-electron chi connectivity index (χ0n) is 8.97. The topological polar surface area (TPSA) is 74.3 Å². The zero-order chi connectivity index (χ0) is 11.9. The standard InChI is InChI=1S/C10H12N2O3S/c1-12-6-5-7-3-4-8(15-2)10(9(7)12)16(11,13)14/h3-6H,1-2H3,(H2,11,13,14). The van der Waals surface area contributed by atoms with Gasteiger partial charge in [-0.15, -0.1) is 0 Å². The summed E-state index contributed by atoms with van der Waals surface area (Å²) in [7, 11) is -0.635. The van der Waals surface area contributed by atoms with E-state index in [-0.39, 0.29) is 10.6 Å². The molecule has 2 aromatic rings. The monoisotopic (exact) mass is 240 g/mol. The number of ether oxygens (including phenoxy) is 1. The smallest absolute Gasteiger partial charge is 0.243 e. The Bertz CT molecular complexity index is 643. The quantitative estimate of drug-likeness (QED) is 0.845. The second-order valence-corrected chi connectivity index (χ2v) is 5.00. The Morgan fingerprint density at radius 3 is 2.56 bits per heavy atom. The van der Waals surface area contributed by atoms with Gasteiger partial charge in [-0.25, -0.2) is 13.6 Å². The Hall–Kier alpha value is -1.53. The highest BCUT2D eigenvalue weighted by molar-refractivity contribution is 7.89. The van der Waals surface area contributed by atoms with Crippen LogP contribution in [0.15, 0.2) is 29.3 Å². The van der Waals surface area contributed by atoms with Crippen LogP contribution in [-0.4, -0.2) is 20.1 Å². The SMILES string of the molecule is COc1ccc2ccn(C)c2c1S(N)(=O)=O. The fraction of sp³-hybridized carbons (Fsp3) is 0.200. The maximum Gasteiger partial charge on any atom is 0.243 e. The van der Waals surface area contributed by atoms with E-state index in [4.69, 9.17) is 9.88 Å². The summed E-state index contributed by atoms with van der Waals surface area (Å²) in [4.78, 5) is 0.0278. The lowest BCUT2D eigenvalue weighted by molar-refractivity contribution is 0.403. The first-order chi connectivity index (χ1) is 7.45. The normalized spacial score (nSPS) is 11.9. The number of hydrogen-bond acceptors (Lipinski definition) is 3. The summed E-state index contributed by atoms with van der Waals surface area (Å²) in [5, 5.41) is 6.02. The lowest BCUT2D eigenvalue weighted by Gasteiger charge is -2.09. The van der Waals surface area contributed by atoms with E-state index < -0.39 is 10.0 Å². The molecule has 2 rings (SSSR count). The van der Waals surface area contributed by atoms with Crippen molar-refractivity contribution in [1.82, 2.24) is 4.57 Å². The van der Waals surface area contributed by atoms with Crippen LogP contribution in [0.1, 0.15) is 0 Å². The molecule has 5 nitrogen and oxygen atoms in total. The van der Waals surface area contributed by atoms with Crippen molar-refractivity contribution in [2.45, 2.75) is 4.90 Å². The number of fused-ring (bicyclic) bond motifs is 1. The van der Waals surface area contributed by atoms with Crippen molar-refractivity contribution in [3.63, 3.8) is 0 Å². The van der Waals surface area contributed by atoms with Gasteiger partial charge in [0, 0.05) is 18.6 Å². The maximum atomic E-state index is 11.6.